The van der Waals surface area contributed by atoms with Gasteiger partial charge in [0.25, 0.3) is 0 Å². The molecule has 126 valence electrons. The Bertz CT molecular complexity index is 508. The summed E-state index contributed by atoms with van der Waals surface area (Å²) in [5.41, 5.74) is 1.32. The van der Waals surface area contributed by atoms with Crippen LogP contribution in [0.4, 0.5) is 0 Å². The second kappa shape index (κ2) is 7.90. The molecule has 2 fully saturated rings. The molecule has 0 spiro atoms. The fourth-order valence-corrected chi connectivity index (χ4v) is 3.41. The number of morpholine rings is 1. The lowest BCUT2D eigenvalue weighted by molar-refractivity contribution is -0.139. The minimum atomic E-state index is 0.0158. The number of ether oxygens (including phenoxy) is 1. The number of hydrogen-bond donors (Lipinski definition) is 1. The molecule has 2 unspecified atom stereocenters. The average Bonchev–Trinajstić information content (AvgIpc) is 2.56. The molecule has 1 aromatic carbocycles. The van der Waals surface area contributed by atoms with Gasteiger partial charge in [-0.15, -0.1) is 0 Å². The van der Waals surface area contributed by atoms with Gasteiger partial charge in [0.05, 0.1) is 19.1 Å². The fourth-order valence-electron chi connectivity index (χ4n) is 3.41. The van der Waals surface area contributed by atoms with Crippen LogP contribution in [-0.2, 0) is 16.1 Å². The highest BCUT2D eigenvalue weighted by molar-refractivity contribution is 5.77. The highest BCUT2D eigenvalue weighted by atomic mass is 16.5. The molecule has 1 amide bonds. The van der Waals surface area contributed by atoms with Crippen LogP contribution in [0, 0.1) is 0 Å². The SMILES string of the molecule is CC1CNCCN1C(=O)CC1CN(Cc2ccccc2)CCO1. The first-order chi connectivity index (χ1) is 11.2. The normalized spacial score (nSPS) is 26.2. The number of nitrogens with zero attached hydrogens (tertiary/aromatic N) is 2. The molecule has 0 aromatic heterocycles. The van der Waals surface area contributed by atoms with E-state index in [0.29, 0.717) is 13.0 Å². The Balaban J connectivity index is 1.51. The Morgan fingerprint density at radius 3 is 2.91 bits per heavy atom. The van der Waals surface area contributed by atoms with E-state index in [9.17, 15) is 4.79 Å². The van der Waals surface area contributed by atoms with Crippen molar-refractivity contribution >= 4 is 5.91 Å². The van der Waals surface area contributed by atoms with Gasteiger partial charge in [-0.1, -0.05) is 30.3 Å². The largest absolute Gasteiger partial charge is 0.375 e. The summed E-state index contributed by atoms with van der Waals surface area (Å²) in [6.45, 7) is 8.10. The molecule has 2 aliphatic rings. The van der Waals surface area contributed by atoms with Gasteiger partial charge in [0, 0.05) is 45.3 Å². The standard InChI is InChI=1S/C18H27N3O2/c1-15-12-19-7-8-21(15)18(22)11-17-14-20(9-10-23-17)13-16-5-3-2-4-6-16/h2-6,15,17,19H,7-14H2,1H3. The lowest BCUT2D eigenvalue weighted by Crippen LogP contribution is -2.53. The topological polar surface area (TPSA) is 44.8 Å². The molecule has 23 heavy (non-hydrogen) atoms. The molecule has 3 rings (SSSR count). The van der Waals surface area contributed by atoms with Crippen molar-refractivity contribution in [3.8, 4) is 0 Å². The third-order valence-electron chi connectivity index (χ3n) is 4.70. The Labute approximate surface area is 138 Å². The zero-order chi connectivity index (χ0) is 16.1. The maximum atomic E-state index is 12.5. The Morgan fingerprint density at radius 1 is 1.30 bits per heavy atom. The molecular weight excluding hydrogens is 290 g/mol. The number of benzene rings is 1. The summed E-state index contributed by atoms with van der Waals surface area (Å²) < 4.78 is 5.84. The number of carbonyl (C=O) groups excluding carboxylic acids is 1. The predicted octanol–water partition coefficient (Wildman–Crippen LogP) is 1.10. The van der Waals surface area contributed by atoms with Crippen LogP contribution >= 0.6 is 0 Å². The molecule has 1 aromatic rings. The van der Waals surface area contributed by atoms with E-state index in [-0.39, 0.29) is 18.1 Å². The van der Waals surface area contributed by atoms with Gasteiger partial charge in [-0.2, -0.15) is 0 Å². The first kappa shape index (κ1) is 16.4. The third-order valence-corrected chi connectivity index (χ3v) is 4.70. The van der Waals surface area contributed by atoms with Gasteiger partial charge in [-0.25, -0.2) is 0 Å². The van der Waals surface area contributed by atoms with Gasteiger partial charge in [0.15, 0.2) is 0 Å². The fraction of sp³-hybridized carbons (Fsp3) is 0.611. The van der Waals surface area contributed by atoms with Crippen LogP contribution in [0.5, 0.6) is 0 Å². The molecule has 0 bridgehead atoms. The van der Waals surface area contributed by atoms with Crippen molar-refractivity contribution in [1.82, 2.24) is 15.1 Å². The van der Waals surface area contributed by atoms with Crippen molar-refractivity contribution in [3.63, 3.8) is 0 Å². The molecule has 0 saturated carbocycles. The van der Waals surface area contributed by atoms with E-state index >= 15 is 0 Å². The van der Waals surface area contributed by atoms with Gasteiger partial charge in [0.2, 0.25) is 5.91 Å². The Kier molecular flexibility index (Phi) is 5.65. The number of carbonyl (C=O) groups is 1. The molecule has 5 heteroatoms. The molecule has 2 atom stereocenters. The molecule has 5 nitrogen and oxygen atoms in total. The van der Waals surface area contributed by atoms with Crippen molar-refractivity contribution in [2.45, 2.75) is 32.0 Å². The van der Waals surface area contributed by atoms with Crippen LogP contribution in [0.15, 0.2) is 30.3 Å². The van der Waals surface area contributed by atoms with E-state index in [2.05, 4.69) is 41.4 Å². The summed E-state index contributed by atoms with van der Waals surface area (Å²) in [6.07, 6.45) is 0.511. The van der Waals surface area contributed by atoms with E-state index in [1.807, 2.05) is 11.0 Å². The van der Waals surface area contributed by atoms with Crippen LogP contribution in [-0.4, -0.2) is 67.2 Å². The van der Waals surface area contributed by atoms with Crippen molar-refractivity contribution in [1.29, 1.82) is 0 Å². The van der Waals surface area contributed by atoms with Crippen LogP contribution in [0.25, 0.3) is 0 Å². The molecule has 0 aliphatic carbocycles. The number of piperazine rings is 1. The Morgan fingerprint density at radius 2 is 2.13 bits per heavy atom. The quantitative estimate of drug-likeness (QED) is 0.903. The second-order valence-corrected chi connectivity index (χ2v) is 6.56. The van der Waals surface area contributed by atoms with Crippen LogP contribution in [0.1, 0.15) is 18.9 Å². The minimum absolute atomic E-state index is 0.0158. The monoisotopic (exact) mass is 317 g/mol. The number of nitrogens with one attached hydrogen (secondary N) is 1. The van der Waals surface area contributed by atoms with Crippen LogP contribution < -0.4 is 5.32 Å². The van der Waals surface area contributed by atoms with Crippen molar-refractivity contribution < 1.29 is 9.53 Å². The van der Waals surface area contributed by atoms with E-state index in [1.165, 1.54) is 5.56 Å². The first-order valence-electron chi connectivity index (χ1n) is 8.60. The van der Waals surface area contributed by atoms with Gasteiger partial charge in [-0.3, -0.25) is 9.69 Å². The number of amides is 1. The van der Waals surface area contributed by atoms with E-state index < -0.39 is 0 Å². The van der Waals surface area contributed by atoms with E-state index in [0.717, 1.165) is 39.3 Å². The van der Waals surface area contributed by atoms with Gasteiger partial charge in [-0.05, 0) is 12.5 Å². The second-order valence-electron chi connectivity index (χ2n) is 6.56. The third kappa shape index (κ3) is 4.53. The summed E-state index contributed by atoms with van der Waals surface area (Å²) >= 11 is 0. The van der Waals surface area contributed by atoms with Crippen molar-refractivity contribution in [2.75, 3.05) is 39.3 Å². The smallest absolute Gasteiger partial charge is 0.225 e. The molecular formula is C18H27N3O2. The molecule has 2 saturated heterocycles. The maximum Gasteiger partial charge on any atom is 0.225 e. The summed E-state index contributed by atoms with van der Waals surface area (Å²) in [6, 6.07) is 10.8. The molecule has 2 heterocycles. The molecule has 0 radical (unpaired) electrons. The average molecular weight is 317 g/mol. The van der Waals surface area contributed by atoms with Crippen molar-refractivity contribution in [2.24, 2.45) is 0 Å². The lowest BCUT2D eigenvalue weighted by atomic mass is 10.1. The Hall–Kier alpha value is -1.43. The van der Waals surface area contributed by atoms with Gasteiger partial charge < -0.3 is 15.0 Å². The zero-order valence-corrected chi connectivity index (χ0v) is 13.9. The van der Waals surface area contributed by atoms with E-state index in [4.69, 9.17) is 4.74 Å². The summed E-state index contributed by atoms with van der Waals surface area (Å²) in [5, 5.41) is 3.32. The minimum Gasteiger partial charge on any atom is -0.375 e. The summed E-state index contributed by atoms with van der Waals surface area (Å²) in [4.78, 5) is 16.9. The highest BCUT2D eigenvalue weighted by Gasteiger charge is 2.28. The summed E-state index contributed by atoms with van der Waals surface area (Å²) in [5.74, 6) is 0.227. The first-order valence-corrected chi connectivity index (χ1v) is 8.60. The molecule has 2 aliphatic heterocycles. The lowest BCUT2D eigenvalue weighted by Gasteiger charge is -2.37. The van der Waals surface area contributed by atoms with Crippen molar-refractivity contribution in [3.05, 3.63) is 35.9 Å². The highest BCUT2D eigenvalue weighted by Crippen LogP contribution is 2.15. The zero-order valence-electron chi connectivity index (χ0n) is 13.9. The van der Waals surface area contributed by atoms with Gasteiger partial charge >= 0.3 is 0 Å². The summed E-state index contributed by atoms with van der Waals surface area (Å²) in [7, 11) is 0. The molecule has 1 N–H and O–H groups in total. The van der Waals surface area contributed by atoms with Crippen LogP contribution in [0.2, 0.25) is 0 Å². The maximum absolute atomic E-state index is 12.5. The van der Waals surface area contributed by atoms with E-state index in [1.54, 1.807) is 0 Å². The predicted molar refractivity (Wildman–Crippen MR) is 90.1 cm³/mol. The number of hydrogen-bond acceptors (Lipinski definition) is 4. The van der Waals surface area contributed by atoms with Gasteiger partial charge in [0.1, 0.15) is 0 Å². The van der Waals surface area contributed by atoms with Crippen LogP contribution in [0.3, 0.4) is 0 Å². The number of rotatable bonds is 4.